The largest absolute Gasteiger partial charge is 0.349 e. The van der Waals surface area contributed by atoms with Crippen LogP contribution in [0, 0.1) is 11.6 Å². The van der Waals surface area contributed by atoms with E-state index in [2.05, 4.69) is 20.7 Å². The first kappa shape index (κ1) is 26.1. The number of carbonyl (C=O) groups excluding carboxylic acids is 2. The Morgan fingerprint density at radius 3 is 2.27 bits per heavy atom. The molecule has 37 heavy (non-hydrogen) atoms. The molecule has 0 radical (unpaired) electrons. The Bertz CT molecular complexity index is 1350. The predicted octanol–water partition coefficient (Wildman–Crippen LogP) is 4.36. The van der Waals surface area contributed by atoms with Crippen molar-refractivity contribution < 1.29 is 18.4 Å². The number of carbonyl (C=O) groups is 2. The van der Waals surface area contributed by atoms with Gasteiger partial charge < -0.3 is 10.2 Å². The average molecular weight is 525 g/mol. The van der Waals surface area contributed by atoms with Crippen LogP contribution in [0.3, 0.4) is 0 Å². The van der Waals surface area contributed by atoms with Gasteiger partial charge in [0.1, 0.15) is 24.2 Å². The van der Waals surface area contributed by atoms with E-state index in [1.165, 1.54) is 64.8 Å². The molecule has 0 aliphatic carbocycles. The summed E-state index contributed by atoms with van der Waals surface area (Å²) in [5, 5.41) is 17.0. The molecule has 0 saturated heterocycles. The summed E-state index contributed by atoms with van der Waals surface area (Å²) in [5.74, 6) is -1.44. The second-order valence-electron chi connectivity index (χ2n) is 9.44. The second kappa shape index (κ2) is 11.0. The van der Waals surface area contributed by atoms with Gasteiger partial charge in [0.05, 0.1) is 6.54 Å². The summed E-state index contributed by atoms with van der Waals surface area (Å²) in [4.78, 5) is 30.6. The quantitative estimate of drug-likeness (QED) is 0.370. The van der Waals surface area contributed by atoms with Gasteiger partial charge in [-0.1, -0.05) is 18.2 Å². The molecule has 4 aromatic rings. The third-order valence-corrected chi connectivity index (χ3v) is 6.16. The minimum absolute atomic E-state index is 0.148. The molecular formula is C26H26F2N6O2S. The molecule has 0 aliphatic heterocycles. The molecule has 0 saturated carbocycles. The SMILES string of the molecule is CC(C)(C)NC(=O)C(c1ccc(F)cc1)N(Cc1cccs1)C(=O)Cn1nnc(-c2ccc(F)cc2)n1. The van der Waals surface area contributed by atoms with Crippen molar-refractivity contribution in [1.29, 1.82) is 0 Å². The summed E-state index contributed by atoms with van der Waals surface area (Å²) >= 11 is 1.45. The topological polar surface area (TPSA) is 93.0 Å². The number of aromatic nitrogens is 4. The molecule has 2 amide bonds. The van der Waals surface area contributed by atoms with Crippen molar-refractivity contribution in [3.05, 3.63) is 88.1 Å². The molecule has 4 rings (SSSR count). The Kier molecular flexibility index (Phi) is 7.72. The zero-order chi connectivity index (χ0) is 26.6. The van der Waals surface area contributed by atoms with Crippen LogP contribution in [0.15, 0.2) is 66.0 Å². The van der Waals surface area contributed by atoms with Gasteiger partial charge in [0.15, 0.2) is 0 Å². The third kappa shape index (κ3) is 6.82. The minimum atomic E-state index is -1.03. The molecule has 1 unspecified atom stereocenters. The number of hydrogen-bond acceptors (Lipinski definition) is 6. The average Bonchev–Trinajstić information content (AvgIpc) is 3.51. The van der Waals surface area contributed by atoms with Gasteiger partial charge in [0, 0.05) is 16.0 Å². The van der Waals surface area contributed by atoms with Crippen molar-refractivity contribution in [3.63, 3.8) is 0 Å². The van der Waals surface area contributed by atoms with Gasteiger partial charge in [-0.25, -0.2) is 8.78 Å². The maximum Gasteiger partial charge on any atom is 0.247 e. The van der Waals surface area contributed by atoms with Crippen molar-refractivity contribution in [2.45, 2.75) is 45.4 Å². The van der Waals surface area contributed by atoms with Crippen molar-refractivity contribution in [3.8, 4) is 11.4 Å². The predicted molar refractivity (Wildman–Crippen MR) is 135 cm³/mol. The van der Waals surface area contributed by atoms with Crippen molar-refractivity contribution in [1.82, 2.24) is 30.4 Å². The van der Waals surface area contributed by atoms with E-state index in [1.807, 2.05) is 38.3 Å². The van der Waals surface area contributed by atoms with Crippen LogP contribution in [-0.2, 0) is 22.7 Å². The highest BCUT2D eigenvalue weighted by Crippen LogP contribution is 2.27. The number of nitrogens with zero attached hydrogens (tertiary/aromatic N) is 5. The fraction of sp³-hybridized carbons (Fsp3) is 0.269. The first-order valence-electron chi connectivity index (χ1n) is 11.5. The molecule has 11 heteroatoms. The summed E-state index contributed by atoms with van der Waals surface area (Å²) in [6.45, 7) is 5.38. The number of rotatable bonds is 8. The van der Waals surface area contributed by atoms with Crippen molar-refractivity contribution >= 4 is 23.2 Å². The lowest BCUT2D eigenvalue weighted by Crippen LogP contribution is -2.49. The van der Waals surface area contributed by atoms with E-state index in [0.717, 1.165) is 9.67 Å². The number of nitrogens with one attached hydrogen (secondary N) is 1. The summed E-state index contributed by atoms with van der Waals surface area (Å²) in [6.07, 6.45) is 0. The van der Waals surface area contributed by atoms with Crippen LogP contribution in [-0.4, -0.2) is 42.5 Å². The lowest BCUT2D eigenvalue weighted by Gasteiger charge is -2.33. The van der Waals surface area contributed by atoms with Crippen LogP contribution in [0.4, 0.5) is 8.78 Å². The van der Waals surface area contributed by atoms with E-state index in [9.17, 15) is 18.4 Å². The van der Waals surface area contributed by atoms with Crippen LogP contribution in [0.5, 0.6) is 0 Å². The Morgan fingerprint density at radius 2 is 1.68 bits per heavy atom. The summed E-state index contributed by atoms with van der Waals surface area (Å²) in [5.41, 5.74) is 0.445. The summed E-state index contributed by atoms with van der Waals surface area (Å²) < 4.78 is 27.0. The van der Waals surface area contributed by atoms with E-state index in [0.29, 0.717) is 11.1 Å². The van der Waals surface area contributed by atoms with Gasteiger partial charge in [0.25, 0.3) is 0 Å². The van der Waals surface area contributed by atoms with Crippen molar-refractivity contribution in [2.75, 3.05) is 0 Å². The highest BCUT2D eigenvalue weighted by atomic mass is 32.1. The molecule has 0 spiro atoms. The molecular weight excluding hydrogens is 498 g/mol. The normalized spacial score (nSPS) is 12.2. The molecule has 0 fully saturated rings. The van der Waals surface area contributed by atoms with E-state index >= 15 is 0 Å². The number of hydrogen-bond donors (Lipinski definition) is 1. The van der Waals surface area contributed by atoms with Crippen LogP contribution in [0.25, 0.3) is 11.4 Å². The standard InChI is InChI=1S/C26H26F2N6O2S/c1-26(2,3)29-25(36)23(17-6-10-19(27)11-7-17)33(15-21-5-4-14-37-21)22(35)16-34-31-24(30-32-34)18-8-12-20(28)13-9-18/h4-14,23H,15-16H2,1-3H3,(H,29,36). The second-order valence-corrected chi connectivity index (χ2v) is 10.5. The van der Waals surface area contributed by atoms with E-state index in [-0.39, 0.29) is 18.9 Å². The summed E-state index contributed by atoms with van der Waals surface area (Å²) in [6, 6.07) is 13.8. The van der Waals surface area contributed by atoms with E-state index in [1.54, 1.807) is 0 Å². The summed E-state index contributed by atoms with van der Waals surface area (Å²) in [7, 11) is 0. The number of thiophene rings is 1. The molecule has 0 aliphatic rings. The Morgan fingerprint density at radius 1 is 1.03 bits per heavy atom. The molecule has 8 nitrogen and oxygen atoms in total. The van der Waals surface area contributed by atoms with Gasteiger partial charge in [-0.05, 0) is 79.4 Å². The fourth-order valence-electron chi connectivity index (χ4n) is 3.69. The lowest BCUT2D eigenvalue weighted by atomic mass is 10.0. The number of tetrazole rings is 1. The first-order chi connectivity index (χ1) is 17.6. The van der Waals surface area contributed by atoms with Gasteiger partial charge >= 0.3 is 0 Å². The Balaban J connectivity index is 1.66. The maximum atomic E-state index is 13.7. The maximum absolute atomic E-state index is 13.7. The number of halogens is 2. The van der Waals surface area contributed by atoms with Crippen molar-refractivity contribution in [2.24, 2.45) is 0 Å². The molecule has 192 valence electrons. The molecule has 2 aromatic heterocycles. The highest BCUT2D eigenvalue weighted by molar-refractivity contribution is 7.09. The Hall–Kier alpha value is -3.99. The minimum Gasteiger partial charge on any atom is -0.349 e. The molecule has 1 N–H and O–H groups in total. The molecule has 2 heterocycles. The Labute approximate surface area is 216 Å². The van der Waals surface area contributed by atoms with Crippen LogP contribution < -0.4 is 5.32 Å². The van der Waals surface area contributed by atoms with Crippen LogP contribution in [0.2, 0.25) is 0 Å². The lowest BCUT2D eigenvalue weighted by molar-refractivity contribution is -0.143. The van der Waals surface area contributed by atoms with Gasteiger partial charge in [-0.2, -0.15) is 4.80 Å². The third-order valence-electron chi connectivity index (χ3n) is 5.30. The molecule has 1 atom stereocenters. The van der Waals surface area contributed by atoms with Gasteiger partial charge in [0.2, 0.25) is 17.6 Å². The number of amides is 2. The monoisotopic (exact) mass is 524 g/mol. The smallest absolute Gasteiger partial charge is 0.247 e. The first-order valence-corrected chi connectivity index (χ1v) is 12.4. The molecule has 0 bridgehead atoms. The van der Waals surface area contributed by atoms with Gasteiger partial charge in [-0.15, -0.1) is 21.5 Å². The molecule has 2 aromatic carbocycles. The zero-order valence-electron chi connectivity index (χ0n) is 20.6. The van der Waals surface area contributed by atoms with E-state index < -0.39 is 35.0 Å². The van der Waals surface area contributed by atoms with Gasteiger partial charge in [-0.3, -0.25) is 9.59 Å². The van der Waals surface area contributed by atoms with Crippen LogP contribution >= 0.6 is 11.3 Å². The van der Waals surface area contributed by atoms with Crippen LogP contribution in [0.1, 0.15) is 37.3 Å². The van der Waals surface area contributed by atoms with E-state index in [4.69, 9.17) is 0 Å². The zero-order valence-corrected chi connectivity index (χ0v) is 21.4. The fourth-order valence-corrected chi connectivity index (χ4v) is 4.39. The number of benzene rings is 2. The highest BCUT2D eigenvalue weighted by Gasteiger charge is 2.34.